The van der Waals surface area contributed by atoms with Crippen molar-refractivity contribution in [1.82, 2.24) is 0 Å². The maximum absolute atomic E-state index is 13.2. The zero-order chi connectivity index (χ0) is 22.7. The Labute approximate surface area is 188 Å². The Morgan fingerprint density at radius 3 is 2.41 bits per heavy atom. The van der Waals surface area contributed by atoms with Crippen molar-refractivity contribution in [2.24, 2.45) is 0 Å². The van der Waals surface area contributed by atoms with Crippen LogP contribution in [0.3, 0.4) is 0 Å². The Hall–Kier alpha value is -3.32. The molecular weight excluding hydrogens is 424 g/mol. The minimum Gasteiger partial charge on any atom is -0.484 e. The van der Waals surface area contributed by atoms with Crippen LogP contribution in [0, 0.1) is 13.8 Å². The van der Waals surface area contributed by atoms with E-state index in [2.05, 4.69) is 5.32 Å². The predicted octanol–water partition coefficient (Wildman–Crippen LogP) is 4.46. The van der Waals surface area contributed by atoms with Gasteiger partial charge >= 0.3 is 0 Å². The van der Waals surface area contributed by atoms with Crippen molar-refractivity contribution in [3.63, 3.8) is 0 Å². The van der Waals surface area contributed by atoms with Crippen molar-refractivity contribution in [2.45, 2.75) is 31.6 Å². The van der Waals surface area contributed by atoms with Gasteiger partial charge in [0.2, 0.25) is 0 Å². The molecule has 3 aromatic carbocycles. The second-order valence-electron chi connectivity index (χ2n) is 7.99. The summed E-state index contributed by atoms with van der Waals surface area (Å²) in [4.78, 5) is 12.4. The molecule has 32 heavy (non-hydrogen) atoms. The molecule has 0 radical (unpaired) electrons. The normalized spacial score (nSPS) is 13.4. The Morgan fingerprint density at radius 1 is 1.00 bits per heavy atom. The summed E-state index contributed by atoms with van der Waals surface area (Å²) in [6.45, 7) is 4.23. The Morgan fingerprint density at radius 2 is 1.69 bits per heavy atom. The van der Waals surface area contributed by atoms with Gasteiger partial charge in [0.1, 0.15) is 5.75 Å². The minimum atomic E-state index is -3.67. The number of hydrogen-bond donors (Lipinski definition) is 1. The van der Waals surface area contributed by atoms with Gasteiger partial charge in [-0.1, -0.05) is 24.3 Å². The van der Waals surface area contributed by atoms with E-state index in [-0.39, 0.29) is 17.4 Å². The average Bonchev–Trinajstić information content (AvgIpc) is 2.77. The van der Waals surface area contributed by atoms with Crippen LogP contribution in [-0.4, -0.2) is 27.5 Å². The summed E-state index contributed by atoms with van der Waals surface area (Å²) in [5, 5.41) is 2.82. The zero-order valence-corrected chi connectivity index (χ0v) is 19.0. The number of anilines is 2. The van der Waals surface area contributed by atoms with E-state index in [0.29, 0.717) is 12.3 Å². The van der Waals surface area contributed by atoms with E-state index in [9.17, 15) is 13.2 Å². The number of sulfonamides is 1. The van der Waals surface area contributed by atoms with Gasteiger partial charge in [-0.3, -0.25) is 9.10 Å². The van der Waals surface area contributed by atoms with Crippen molar-refractivity contribution in [2.75, 3.05) is 22.8 Å². The Kier molecular flexibility index (Phi) is 6.19. The maximum Gasteiger partial charge on any atom is 0.264 e. The molecule has 0 aliphatic carbocycles. The van der Waals surface area contributed by atoms with E-state index < -0.39 is 10.0 Å². The summed E-state index contributed by atoms with van der Waals surface area (Å²) in [6, 6.07) is 19.6. The van der Waals surface area contributed by atoms with Gasteiger partial charge < -0.3 is 10.1 Å². The second-order valence-corrected chi connectivity index (χ2v) is 9.86. The van der Waals surface area contributed by atoms with E-state index in [0.717, 1.165) is 40.9 Å². The molecule has 0 aromatic heterocycles. The average molecular weight is 451 g/mol. The number of benzene rings is 3. The number of ether oxygens (including phenoxy) is 1. The van der Waals surface area contributed by atoms with E-state index in [1.54, 1.807) is 12.1 Å². The fraction of sp³-hybridized carbons (Fsp3) is 0.240. The summed E-state index contributed by atoms with van der Waals surface area (Å²) in [6.07, 6.45) is 1.66. The first-order valence-electron chi connectivity index (χ1n) is 10.5. The molecule has 0 saturated carbocycles. The fourth-order valence-electron chi connectivity index (χ4n) is 3.98. The van der Waals surface area contributed by atoms with Gasteiger partial charge in [-0.05, 0) is 85.8 Å². The van der Waals surface area contributed by atoms with Gasteiger partial charge in [-0.25, -0.2) is 8.42 Å². The van der Waals surface area contributed by atoms with E-state index in [1.807, 2.05) is 56.3 Å². The van der Waals surface area contributed by atoms with Crippen molar-refractivity contribution in [3.8, 4) is 5.75 Å². The third-order valence-electron chi connectivity index (χ3n) is 5.35. The lowest BCUT2D eigenvalue weighted by Crippen LogP contribution is -2.35. The van der Waals surface area contributed by atoms with Crippen LogP contribution >= 0.6 is 0 Å². The van der Waals surface area contributed by atoms with Crippen LogP contribution in [0.5, 0.6) is 5.75 Å². The van der Waals surface area contributed by atoms with Crippen LogP contribution in [0.4, 0.5) is 11.4 Å². The first kappa shape index (κ1) is 21.9. The number of carbonyl (C=O) groups excluding carboxylic acids is 1. The molecule has 6 nitrogen and oxygen atoms in total. The third-order valence-corrected chi connectivity index (χ3v) is 7.18. The molecule has 0 fully saturated rings. The first-order valence-corrected chi connectivity index (χ1v) is 12.0. The number of aryl methyl sites for hydroxylation is 3. The lowest BCUT2D eigenvalue weighted by atomic mass is 10.0. The number of para-hydroxylation sites is 1. The van der Waals surface area contributed by atoms with Crippen LogP contribution in [0.25, 0.3) is 0 Å². The summed E-state index contributed by atoms with van der Waals surface area (Å²) in [5.74, 6) is 0.148. The molecule has 0 saturated heterocycles. The van der Waals surface area contributed by atoms with Crippen molar-refractivity contribution in [1.29, 1.82) is 0 Å². The molecular formula is C25H26N2O4S. The van der Waals surface area contributed by atoms with Crippen LogP contribution in [0.2, 0.25) is 0 Å². The number of hydrogen-bond acceptors (Lipinski definition) is 4. The smallest absolute Gasteiger partial charge is 0.264 e. The van der Waals surface area contributed by atoms with Crippen molar-refractivity contribution < 1.29 is 17.9 Å². The van der Waals surface area contributed by atoms with Gasteiger partial charge in [0.15, 0.2) is 6.61 Å². The van der Waals surface area contributed by atoms with Crippen molar-refractivity contribution >= 4 is 27.3 Å². The van der Waals surface area contributed by atoms with Crippen LogP contribution in [-0.2, 0) is 21.2 Å². The fourth-order valence-corrected chi connectivity index (χ4v) is 5.52. The largest absolute Gasteiger partial charge is 0.484 e. The molecule has 7 heteroatoms. The standard InChI is InChI=1S/C25H26N2O4S/c1-18-14-19(2)16-21(15-18)26-25(28)17-31-22-9-11-23(12-10-22)32(29,30)27-13-5-7-20-6-3-4-8-24(20)27/h3-4,6,8-12,14-16H,5,7,13,17H2,1-2H3,(H,26,28). The number of nitrogens with one attached hydrogen (secondary N) is 1. The first-order chi connectivity index (χ1) is 15.3. The van der Waals surface area contributed by atoms with Crippen LogP contribution in [0.1, 0.15) is 23.1 Å². The predicted molar refractivity (Wildman–Crippen MR) is 126 cm³/mol. The van der Waals surface area contributed by atoms with E-state index in [1.165, 1.54) is 16.4 Å². The van der Waals surface area contributed by atoms with E-state index >= 15 is 0 Å². The highest BCUT2D eigenvalue weighted by Gasteiger charge is 2.28. The van der Waals surface area contributed by atoms with Gasteiger partial charge in [-0.15, -0.1) is 0 Å². The summed E-state index contributed by atoms with van der Waals surface area (Å²) < 4.78 is 33.4. The zero-order valence-electron chi connectivity index (χ0n) is 18.2. The second kappa shape index (κ2) is 9.04. The third kappa shape index (κ3) is 4.78. The molecule has 0 unspecified atom stereocenters. The number of carbonyl (C=O) groups is 1. The highest BCUT2D eigenvalue weighted by Crippen LogP contribution is 2.32. The van der Waals surface area contributed by atoms with Gasteiger partial charge in [-0.2, -0.15) is 0 Å². The number of amides is 1. The highest BCUT2D eigenvalue weighted by molar-refractivity contribution is 7.92. The molecule has 1 amide bonds. The molecule has 1 N–H and O–H groups in total. The SMILES string of the molecule is Cc1cc(C)cc(NC(=O)COc2ccc(S(=O)(=O)N3CCCc4ccccc43)cc2)c1. The molecule has 1 aliphatic rings. The monoisotopic (exact) mass is 450 g/mol. The molecule has 3 aromatic rings. The number of rotatable bonds is 6. The highest BCUT2D eigenvalue weighted by atomic mass is 32.2. The lowest BCUT2D eigenvalue weighted by Gasteiger charge is -2.30. The minimum absolute atomic E-state index is 0.168. The molecule has 0 spiro atoms. The van der Waals surface area contributed by atoms with Gasteiger partial charge in [0.25, 0.3) is 15.9 Å². The van der Waals surface area contributed by atoms with Crippen LogP contribution in [0.15, 0.2) is 71.6 Å². The lowest BCUT2D eigenvalue weighted by molar-refractivity contribution is -0.118. The van der Waals surface area contributed by atoms with Gasteiger partial charge in [0, 0.05) is 12.2 Å². The summed E-state index contributed by atoms with van der Waals surface area (Å²) >= 11 is 0. The molecule has 0 bridgehead atoms. The quantitative estimate of drug-likeness (QED) is 0.602. The summed E-state index contributed by atoms with van der Waals surface area (Å²) in [7, 11) is -3.67. The molecule has 4 rings (SSSR count). The Balaban J connectivity index is 1.41. The Bertz CT molecular complexity index is 1220. The van der Waals surface area contributed by atoms with Gasteiger partial charge in [0.05, 0.1) is 10.6 Å². The van der Waals surface area contributed by atoms with E-state index in [4.69, 9.17) is 4.74 Å². The maximum atomic E-state index is 13.2. The molecule has 1 heterocycles. The summed E-state index contributed by atoms with van der Waals surface area (Å²) in [5.41, 5.74) is 4.63. The van der Waals surface area contributed by atoms with Crippen molar-refractivity contribution in [3.05, 3.63) is 83.4 Å². The number of nitrogens with zero attached hydrogens (tertiary/aromatic N) is 1. The molecule has 166 valence electrons. The number of fused-ring (bicyclic) bond motifs is 1. The molecule has 1 aliphatic heterocycles. The topological polar surface area (TPSA) is 75.7 Å². The van der Waals surface area contributed by atoms with Crippen LogP contribution < -0.4 is 14.4 Å². The molecule has 0 atom stereocenters.